The molecule has 1 aliphatic rings. The van der Waals surface area contributed by atoms with Crippen LogP contribution in [0.4, 0.5) is 24.5 Å². The highest BCUT2D eigenvalue weighted by Gasteiger charge is 2.39. The van der Waals surface area contributed by atoms with Gasteiger partial charge in [-0.05, 0) is 42.0 Å². The zero-order valence-electron chi connectivity index (χ0n) is 13.2. The molecule has 0 radical (unpaired) electrons. The Hall–Kier alpha value is -3.20. The summed E-state index contributed by atoms with van der Waals surface area (Å²) in [6.45, 7) is 0. The van der Waals surface area contributed by atoms with Gasteiger partial charge in [-0.1, -0.05) is 11.6 Å². The van der Waals surface area contributed by atoms with Crippen LogP contribution >= 0.6 is 11.6 Å². The van der Waals surface area contributed by atoms with E-state index in [0.717, 1.165) is 36.4 Å². The molecule has 0 fully saturated rings. The molecule has 6 nitrogen and oxygen atoms in total. The van der Waals surface area contributed by atoms with Gasteiger partial charge in [0.25, 0.3) is 17.5 Å². The van der Waals surface area contributed by atoms with Crippen molar-refractivity contribution in [1.82, 2.24) is 0 Å². The molecule has 27 heavy (non-hydrogen) atoms. The maximum atomic E-state index is 12.7. The number of rotatable bonds is 3. The van der Waals surface area contributed by atoms with Crippen LogP contribution in [0, 0.1) is 10.1 Å². The first kappa shape index (κ1) is 18.6. The Morgan fingerprint density at radius 2 is 1.48 bits per heavy atom. The number of nitro benzene ring substituents is 1. The summed E-state index contributed by atoms with van der Waals surface area (Å²) in [5.74, 6) is -1.73. The number of imide groups is 1. The van der Waals surface area contributed by atoms with E-state index < -0.39 is 33.5 Å². The minimum absolute atomic E-state index is 0.0759. The van der Waals surface area contributed by atoms with Crippen LogP contribution in [0.15, 0.2) is 53.6 Å². The van der Waals surface area contributed by atoms with Gasteiger partial charge in [-0.15, -0.1) is 0 Å². The van der Waals surface area contributed by atoms with Crippen molar-refractivity contribution >= 4 is 40.4 Å². The molecule has 0 saturated heterocycles. The van der Waals surface area contributed by atoms with E-state index in [0.29, 0.717) is 4.90 Å². The predicted molar refractivity (Wildman–Crippen MR) is 89.8 cm³/mol. The van der Waals surface area contributed by atoms with E-state index in [9.17, 15) is 32.9 Å². The second-order valence-corrected chi connectivity index (χ2v) is 5.86. The molecule has 0 aromatic heterocycles. The summed E-state index contributed by atoms with van der Waals surface area (Å²) < 4.78 is 38.0. The van der Waals surface area contributed by atoms with Gasteiger partial charge >= 0.3 is 6.18 Å². The topological polar surface area (TPSA) is 80.5 Å². The molecule has 10 heteroatoms. The van der Waals surface area contributed by atoms with Gasteiger partial charge < -0.3 is 0 Å². The molecule has 0 N–H and O–H groups in total. The third-order valence-corrected chi connectivity index (χ3v) is 4.20. The van der Waals surface area contributed by atoms with E-state index in [-0.39, 0.29) is 22.5 Å². The highest BCUT2D eigenvalue weighted by molar-refractivity contribution is 6.60. The van der Waals surface area contributed by atoms with Gasteiger partial charge in [0.05, 0.1) is 21.7 Å². The molecule has 1 heterocycles. The largest absolute Gasteiger partial charge is 0.416 e. The van der Waals surface area contributed by atoms with E-state index in [2.05, 4.69) is 0 Å². The average molecular weight is 397 g/mol. The number of halogens is 4. The lowest BCUT2D eigenvalue weighted by Gasteiger charge is -2.16. The van der Waals surface area contributed by atoms with E-state index in [4.69, 9.17) is 11.6 Å². The number of nitro groups is 1. The normalized spacial score (nSPS) is 14.9. The molecule has 0 spiro atoms. The highest BCUT2D eigenvalue weighted by atomic mass is 35.5. The summed E-state index contributed by atoms with van der Waals surface area (Å²) in [5, 5.41) is 10.3. The summed E-state index contributed by atoms with van der Waals surface area (Å²) in [6, 6.07) is 8.27. The molecule has 0 unspecified atom stereocenters. The van der Waals surface area contributed by atoms with Gasteiger partial charge in [0.2, 0.25) is 0 Å². The fourth-order valence-electron chi connectivity index (χ4n) is 2.54. The Balaban J connectivity index is 1.95. The summed E-state index contributed by atoms with van der Waals surface area (Å²) in [5.41, 5.74) is -1.23. The van der Waals surface area contributed by atoms with E-state index in [1.54, 1.807) is 0 Å². The molecule has 0 bridgehead atoms. The van der Waals surface area contributed by atoms with Crippen molar-refractivity contribution in [3.8, 4) is 0 Å². The molecule has 1 aliphatic heterocycles. The number of hydrogen-bond donors (Lipinski definition) is 0. The van der Waals surface area contributed by atoms with E-state index in [1.165, 1.54) is 12.1 Å². The number of carbonyl (C=O) groups is 2. The summed E-state index contributed by atoms with van der Waals surface area (Å²) >= 11 is 5.96. The van der Waals surface area contributed by atoms with Crippen LogP contribution in [-0.2, 0) is 15.8 Å². The standard InChI is InChI=1S/C17H8ClF3N2O4/c18-14-13(9-1-5-12(6-2-9)23(26)27)15(24)22(16(14)25)11-7-3-10(4-8-11)17(19,20)21/h1-8H. The Kier molecular flexibility index (Phi) is 4.48. The molecule has 0 aliphatic carbocycles. The van der Waals surface area contributed by atoms with Gasteiger partial charge in [-0.2, -0.15) is 13.2 Å². The lowest BCUT2D eigenvalue weighted by Crippen LogP contribution is -2.31. The van der Waals surface area contributed by atoms with Crippen LogP contribution in [0.25, 0.3) is 5.57 Å². The molecule has 0 saturated carbocycles. The van der Waals surface area contributed by atoms with Crippen LogP contribution < -0.4 is 4.90 Å². The number of nitrogens with zero attached hydrogens (tertiary/aromatic N) is 2. The van der Waals surface area contributed by atoms with E-state index in [1.807, 2.05) is 0 Å². The zero-order chi connectivity index (χ0) is 19.9. The number of benzene rings is 2. The van der Waals surface area contributed by atoms with Crippen molar-refractivity contribution in [2.75, 3.05) is 4.90 Å². The SMILES string of the molecule is O=C1C(Cl)=C(c2ccc([N+](=O)[O-])cc2)C(=O)N1c1ccc(C(F)(F)F)cc1. The number of alkyl halides is 3. The first-order valence-electron chi connectivity index (χ1n) is 7.32. The summed E-state index contributed by atoms with van der Waals surface area (Å²) in [6.07, 6.45) is -4.56. The first-order chi connectivity index (χ1) is 12.6. The molecule has 2 amide bonds. The quantitative estimate of drug-likeness (QED) is 0.443. The number of hydrogen-bond acceptors (Lipinski definition) is 4. The van der Waals surface area contributed by atoms with Crippen LogP contribution in [0.2, 0.25) is 0 Å². The Morgan fingerprint density at radius 1 is 0.926 bits per heavy atom. The van der Waals surface area contributed by atoms with Crippen molar-refractivity contribution < 1.29 is 27.7 Å². The third-order valence-electron chi connectivity index (χ3n) is 3.85. The lowest BCUT2D eigenvalue weighted by atomic mass is 10.1. The van der Waals surface area contributed by atoms with Gasteiger partial charge in [0.1, 0.15) is 5.03 Å². The van der Waals surface area contributed by atoms with Gasteiger partial charge in [-0.25, -0.2) is 4.90 Å². The second kappa shape index (κ2) is 6.51. The number of non-ortho nitro benzene ring substituents is 1. The van der Waals surface area contributed by atoms with Crippen molar-refractivity contribution in [2.45, 2.75) is 6.18 Å². The maximum Gasteiger partial charge on any atom is 0.416 e. The summed E-state index contributed by atoms with van der Waals surface area (Å²) in [4.78, 5) is 35.7. The van der Waals surface area contributed by atoms with Gasteiger partial charge in [0.15, 0.2) is 0 Å². The molecule has 138 valence electrons. The third kappa shape index (κ3) is 3.28. The number of anilines is 1. The molecule has 2 aromatic carbocycles. The van der Waals surface area contributed by atoms with Crippen LogP contribution in [-0.4, -0.2) is 16.7 Å². The number of carbonyl (C=O) groups excluding carboxylic acids is 2. The second-order valence-electron chi connectivity index (χ2n) is 5.48. The van der Waals surface area contributed by atoms with Crippen molar-refractivity contribution in [1.29, 1.82) is 0 Å². The van der Waals surface area contributed by atoms with Crippen molar-refractivity contribution in [2.24, 2.45) is 0 Å². The van der Waals surface area contributed by atoms with Crippen molar-refractivity contribution in [3.05, 3.63) is 74.8 Å². The first-order valence-corrected chi connectivity index (χ1v) is 7.69. The Bertz CT molecular complexity index is 983. The minimum Gasteiger partial charge on any atom is -0.268 e. The average Bonchev–Trinajstić information content (AvgIpc) is 2.83. The fourth-order valence-corrected chi connectivity index (χ4v) is 2.81. The maximum absolute atomic E-state index is 12.7. The van der Waals surface area contributed by atoms with Gasteiger partial charge in [0, 0.05) is 12.1 Å². The number of amides is 2. The molecule has 2 aromatic rings. The smallest absolute Gasteiger partial charge is 0.268 e. The molecular formula is C17H8ClF3N2O4. The van der Waals surface area contributed by atoms with Crippen LogP contribution in [0.5, 0.6) is 0 Å². The monoisotopic (exact) mass is 396 g/mol. The summed E-state index contributed by atoms with van der Waals surface area (Å²) in [7, 11) is 0. The van der Waals surface area contributed by atoms with Crippen molar-refractivity contribution in [3.63, 3.8) is 0 Å². The highest BCUT2D eigenvalue weighted by Crippen LogP contribution is 2.36. The minimum atomic E-state index is -4.56. The van der Waals surface area contributed by atoms with Gasteiger partial charge in [-0.3, -0.25) is 19.7 Å². The zero-order valence-corrected chi connectivity index (χ0v) is 13.9. The predicted octanol–water partition coefficient (Wildman–Crippen LogP) is 4.14. The fraction of sp³-hybridized carbons (Fsp3) is 0.0588. The van der Waals surface area contributed by atoms with Crippen LogP contribution in [0.1, 0.15) is 11.1 Å². The molecular weight excluding hydrogens is 389 g/mol. The molecule has 0 atom stereocenters. The lowest BCUT2D eigenvalue weighted by molar-refractivity contribution is -0.384. The Morgan fingerprint density at radius 3 is 1.96 bits per heavy atom. The Labute approximate surface area is 154 Å². The van der Waals surface area contributed by atoms with Crippen LogP contribution in [0.3, 0.4) is 0 Å². The van der Waals surface area contributed by atoms with E-state index >= 15 is 0 Å². The molecule has 3 rings (SSSR count).